The summed E-state index contributed by atoms with van der Waals surface area (Å²) in [6, 6.07) is 9.47. The van der Waals surface area contributed by atoms with E-state index < -0.39 is 0 Å². The molecule has 0 atom stereocenters. The van der Waals surface area contributed by atoms with Gasteiger partial charge in [0.15, 0.2) is 0 Å². The zero-order valence-corrected chi connectivity index (χ0v) is 14.1. The van der Waals surface area contributed by atoms with E-state index in [4.69, 9.17) is 9.47 Å². The molecule has 0 radical (unpaired) electrons. The maximum Gasteiger partial charge on any atom is 0.265 e. The second-order valence-corrected chi connectivity index (χ2v) is 6.72. The van der Waals surface area contributed by atoms with Gasteiger partial charge in [-0.05, 0) is 61.6 Å². The van der Waals surface area contributed by atoms with Crippen molar-refractivity contribution in [3.05, 3.63) is 45.6 Å². The Balaban J connectivity index is 1.60. The molecule has 122 valence electrons. The number of aryl methyl sites for hydroxylation is 2. The third kappa shape index (κ3) is 4.12. The first-order chi connectivity index (χ1) is 11.3. The molecular weight excluding hydrogens is 310 g/mol. The summed E-state index contributed by atoms with van der Waals surface area (Å²) in [6.45, 7) is 1.07. The van der Waals surface area contributed by atoms with Gasteiger partial charge < -0.3 is 14.8 Å². The number of ether oxygens (including phenoxy) is 2. The average Bonchev–Trinajstić information content (AvgIpc) is 3.01. The van der Waals surface area contributed by atoms with E-state index in [1.54, 1.807) is 18.4 Å². The fourth-order valence-electron chi connectivity index (χ4n) is 2.67. The molecular formula is C18H21NO3S. The van der Waals surface area contributed by atoms with Crippen LogP contribution < -0.4 is 10.1 Å². The van der Waals surface area contributed by atoms with Crippen LogP contribution in [-0.2, 0) is 17.6 Å². The van der Waals surface area contributed by atoms with Crippen LogP contribution in [0.1, 0.15) is 33.0 Å². The molecule has 0 saturated heterocycles. The van der Waals surface area contributed by atoms with Crippen molar-refractivity contribution in [3.8, 4) is 5.75 Å². The predicted molar refractivity (Wildman–Crippen MR) is 92.7 cm³/mol. The maximum atomic E-state index is 12.4. The molecule has 4 nitrogen and oxygen atoms in total. The van der Waals surface area contributed by atoms with Crippen molar-refractivity contribution in [2.75, 3.05) is 25.6 Å². The molecule has 3 rings (SSSR count). The monoisotopic (exact) mass is 331 g/mol. The minimum Gasteiger partial charge on any atom is -0.491 e. The predicted octanol–water partition coefficient (Wildman–Crippen LogP) is 3.90. The van der Waals surface area contributed by atoms with E-state index in [9.17, 15) is 4.79 Å². The van der Waals surface area contributed by atoms with Gasteiger partial charge in [0.1, 0.15) is 12.4 Å². The summed E-state index contributed by atoms with van der Waals surface area (Å²) < 4.78 is 10.5. The molecule has 1 N–H and O–H groups in total. The third-order valence-corrected chi connectivity index (χ3v) is 5.12. The topological polar surface area (TPSA) is 47.6 Å². The molecule has 5 heteroatoms. The van der Waals surface area contributed by atoms with E-state index in [1.165, 1.54) is 23.3 Å². The van der Waals surface area contributed by atoms with Gasteiger partial charge >= 0.3 is 0 Å². The number of benzene rings is 1. The number of hydrogen-bond donors (Lipinski definition) is 1. The van der Waals surface area contributed by atoms with Crippen LogP contribution in [-0.4, -0.2) is 26.2 Å². The molecule has 1 aliphatic carbocycles. The SMILES string of the molecule is COCCOc1ccc(NC(=O)c2cc3c(s2)CCCC3)cc1. The number of fused-ring (bicyclic) bond motifs is 1. The smallest absolute Gasteiger partial charge is 0.265 e. The minimum absolute atomic E-state index is 0.0301. The highest BCUT2D eigenvalue weighted by molar-refractivity contribution is 7.14. The van der Waals surface area contributed by atoms with E-state index in [-0.39, 0.29) is 5.91 Å². The van der Waals surface area contributed by atoms with Crippen molar-refractivity contribution in [3.63, 3.8) is 0 Å². The number of methoxy groups -OCH3 is 1. The molecule has 0 spiro atoms. The zero-order chi connectivity index (χ0) is 16.1. The van der Waals surface area contributed by atoms with Crippen LogP contribution in [0, 0.1) is 0 Å². The van der Waals surface area contributed by atoms with Crippen LogP contribution in [0.15, 0.2) is 30.3 Å². The standard InChI is InChI=1S/C18H21NO3S/c1-21-10-11-22-15-8-6-14(7-9-15)19-18(20)17-12-13-4-2-3-5-16(13)23-17/h6-9,12H,2-5,10-11H2,1H3,(H,19,20). The van der Waals surface area contributed by atoms with Crippen LogP contribution in [0.5, 0.6) is 5.75 Å². The van der Waals surface area contributed by atoms with E-state index in [2.05, 4.69) is 11.4 Å². The lowest BCUT2D eigenvalue weighted by atomic mass is 9.99. The molecule has 0 unspecified atom stereocenters. The first-order valence-corrected chi connectivity index (χ1v) is 8.72. The average molecular weight is 331 g/mol. The van der Waals surface area contributed by atoms with Crippen LogP contribution in [0.4, 0.5) is 5.69 Å². The number of nitrogens with one attached hydrogen (secondary N) is 1. The van der Waals surface area contributed by atoms with Gasteiger partial charge in [0.2, 0.25) is 0 Å². The zero-order valence-electron chi connectivity index (χ0n) is 13.3. The normalized spacial score (nSPS) is 13.4. The summed E-state index contributed by atoms with van der Waals surface area (Å²) in [7, 11) is 1.64. The Morgan fingerprint density at radius 3 is 2.70 bits per heavy atom. The van der Waals surface area contributed by atoms with Crippen LogP contribution in [0.2, 0.25) is 0 Å². The fourth-order valence-corrected chi connectivity index (χ4v) is 3.82. The summed E-state index contributed by atoms with van der Waals surface area (Å²) in [5.41, 5.74) is 2.13. The number of thiophene rings is 1. The van der Waals surface area contributed by atoms with Crippen molar-refractivity contribution in [1.82, 2.24) is 0 Å². The molecule has 1 heterocycles. The highest BCUT2D eigenvalue weighted by Gasteiger charge is 2.17. The molecule has 2 aromatic rings. The Morgan fingerprint density at radius 1 is 1.17 bits per heavy atom. The van der Waals surface area contributed by atoms with E-state index in [1.807, 2.05) is 24.3 Å². The number of amides is 1. The first kappa shape index (κ1) is 16.0. The Morgan fingerprint density at radius 2 is 1.96 bits per heavy atom. The fraction of sp³-hybridized carbons (Fsp3) is 0.389. The lowest BCUT2D eigenvalue weighted by molar-refractivity contribution is 0.103. The molecule has 1 amide bonds. The van der Waals surface area contributed by atoms with Gasteiger partial charge in [0.25, 0.3) is 5.91 Å². The van der Waals surface area contributed by atoms with Gasteiger partial charge in [-0.15, -0.1) is 11.3 Å². The summed E-state index contributed by atoms with van der Waals surface area (Å²) in [4.78, 5) is 14.6. The van der Waals surface area contributed by atoms with Crippen molar-refractivity contribution in [2.45, 2.75) is 25.7 Å². The lowest BCUT2D eigenvalue weighted by Gasteiger charge is -2.08. The van der Waals surface area contributed by atoms with Crippen molar-refractivity contribution >= 4 is 22.9 Å². The lowest BCUT2D eigenvalue weighted by Crippen LogP contribution is -2.10. The Labute approximate surface area is 140 Å². The second kappa shape index (κ2) is 7.62. The van der Waals surface area contributed by atoms with Gasteiger partial charge in [-0.1, -0.05) is 0 Å². The van der Waals surface area contributed by atoms with E-state index >= 15 is 0 Å². The van der Waals surface area contributed by atoms with Crippen LogP contribution >= 0.6 is 11.3 Å². The van der Waals surface area contributed by atoms with Crippen molar-refractivity contribution < 1.29 is 14.3 Å². The number of carbonyl (C=O) groups excluding carboxylic acids is 1. The first-order valence-electron chi connectivity index (χ1n) is 7.91. The third-order valence-electron chi connectivity index (χ3n) is 3.89. The maximum absolute atomic E-state index is 12.4. The highest BCUT2D eigenvalue weighted by Crippen LogP contribution is 2.30. The van der Waals surface area contributed by atoms with Gasteiger partial charge in [-0.3, -0.25) is 4.79 Å². The van der Waals surface area contributed by atoms with Gasteiger partial charge in [-0.25, -0.2) is 0 Å². The molecule has 0 fully saturated rings. The van der Waals surface area contributed by atoms with Crippen LogP contribution in [0.25, 0.3) is 0 Å². The minimum atomic E-state index is -0.0301. The summed E-state index contributed by atoms with van der Waals surface area (Å²) in [5, 5.41) is 2.95. The second-order valence-electron chi connectivity index (χ2n) is 5.59. The van der Waals surface area contributed by atoms with Gasteiger partial charge in [0, 0.05) is 17.7 Å². The summed E-state index contributed by atoms with van der Waals surface area (Å²) >= 11 is 1.63. The van der Waals surface area contributed by atoms with Crippen LogP contribution in [0.3, 0.4) is 0 Å². The van der Waals surface area contributed by atoms with Crippen molar-refractivity contribution in [1.29, 1.82) is 0 Å². The summed E-state index contributed by atoms with van der Waals surface area (Å²) in [5.74, 6) is 0.740. The molecule has 23 heavy (non-hydrogen) atoms. The Bertz CT molecular complexity index is 640. The molecule has 1 aromatic carbocycles. The molecule has 0 aliphatic heterocycles. The molecule has 1 aliphatic rings. The van der Waals surface area contributed by atoms with Gasteiger partial charge in [0.05, 0.1) is 11.5 Å². The Hall–Kier alpha value is -1.85. The molecule has 0 saturated carbocycles. The number of anilines is 1. The Kier molecular flexibility index (Phi) is 5.31. The quantitative estimate of drug-likeness (QED) is 0.817. The highest BCUT2D eigenvalue weighted by atomic mass is 32.1. The van der Waals surface area contributed by atoms with E-state index in [0.717, 1.165) is 29.2 Å². The largest absolute Gasteiger partial charge is 0.491 e. The molecule has 1 aromatic heterocycles. The van der Waals surface area contributed by atoms with Crippen molar-refractivity contribution in [2.24, 2.45) is 0 Å². The number of rotatable bonds is 6. The van der Waals surface area contributed by atoms with E-state index in [0.29, 0.717) is 13.2 Å². The molecule has 0 bridgehead atoms. The number of carbonyl (C=O) groups is 1. The number of hydrogen-bond acceptors (Lipinski definition) is 4. The summed E-state index contributed by atoms with van der Waals surface area (Å²) in [6.07, 6.45) is 4.68. The van der Waals surface area contributed by atoms with Gasteiger partial charge in [-0.2, -0.15) is 0 Å².